The van der Waals surface area contributed by atoms with Crippen LogP contribution >= 0.6 is 0 Å². The Morgan fingerprint density at radius 3 is 2.65 bits per heavy atom. The maximum atomic E-state index is 14.1. The summed E-state index contributed by atoms with van der Waals surface area (Å²) in [7, 11) is 0. The predicted octanol–water partition coefficient (Wildman–Crippen LogP) is 3.97. The maximum absolute atomic E-state index is 14.1. The summed E-state index contributed by atoms with van der Waals surface area (Å²) in [5.41, 5.74) is 2.48. The molecule has 0 N–H and O–H groups in total. The van der Waals surface area contributed by atoms with Crippen LogP contribution in [0.2, 0.25) is 0 Å². The van der Waals surface area contributed by atoms with E-state index in [0.29, 0.717) is 5.69 Å². The number of benzene rings is 1. The summed E-state index contributed by atoms with van der Waals surface area (Å²) in [5, 5.41) is 7.31. The van der Waals surface area contributed by atoms with Crippen molar-refractivity contribution in [2.75, 3.05) is 6.61 Å². The van der Waals surface area contributed by atoms with E-state index in [2.05, 4.69) is 19.9 Å². The van der Waals surface area contributed by atoms with Crippen LogP contribution in [0.25, 0.3) is 16.9 Å². The van der Waals surface area contributed by atoms with Crippen LogP contribution in [0.3, 0.4) is 0 Å². The van der Waals surface area contributed by atoms with E-state index in [4.69, 9.17) is 4.74 Å². The fourth-order valence-corrected chi connectivity index (χ4v) is 2.65. The van der Waals surface area contributed by atoms with Gasteiger partial charge in [-0.3, -0.25) is 9.38 Å². The number of ether oxygens (including phenoxy) is 2. The van der Waals surface area contributed by atoms with E-state index in [1.54, 1.807) is 0 Å². The fraction of sp³-hybridized carbons (Fsp3) is 0.389. The van der Waals surface area contributed by atoms with E-state index in [9.17, 15) is 8.78 Å². The number of halogens is 2. The number of rotatable bonds is 6. The summed E-state index contributed by atoms with van der Waals surface area (Å²) in [6, 6.07) is 5.57. The smallest absolute Gasteiger partial charge is 0.418 e. The van der Waals surface area contributed by atoms with Crippen molar-refractivity contribution in [2.45, 2.75) is 39.9 Å². The van der Waals surface area contributed by atoms with Gasteiger partial charge in [0.1, 0.15) is 5.75 Å². The van der Waals surface area contributed by atoms with Gasteiger partial charge >= 0.3 is 6.11 Å². The summed E-state index contributed by atoms with van der Waals surface area (Å²) in [5.74, 6) is 0.172. The second-order valence-corrected chi connectivity index (χ2v) is 6.12. The standard InChI is InChI=1S/C18H20F2N4O2/c1-5-25-18(19,20)17-23-22-16-9-21-15(10-24(16)17)14-7-6-13(8-12(14)4)26-11(2)3/h6-11H,5H2,1-4H3. The van der Waals surface area contributed by atoms with Gasteiger partial charge in [-0.05, 0) is 51.5 Å². The Hall–Kier alpha value is -2.61. The molecule has 8 heteroatoms. The van der Waals surface area contributed by atoms with Crippen LogP contribution in [0, 0.1) is 6.92 Å². The van der Waals surface area contributed by atoms with Crippen LogP contribution < -0.4 is 4.74 Å². The molecule has 0 aliphatic rings. The van der Waals surface area contributed by atoms with Crippen LogP contribution in [0.4, 0.5) is 8.78 Å². The monoisotopic (exact) mass is 362 g/mol. The lowest BCUT2D eigenvalue weighted by Gasteiger charge is -2.14. The Morgan fingerprint density at radius 2 is 2.00 bits per heavy atom. The molecule has 0 aliphatic carbocycles. The third-order valence-corrected chi connectivity index (χ3v) is 3.72. The molecule has 138 valence electrons. The first kappa shape index (κ1) is 18.2. The minimum Gasteiger partial charge on any atom is -0.491 e. The fourth-order valence-electron chi connectivity index (χ4n) is 2.65. The molecule has 2 heterocycles. The molecule has 1 aromatic carbocycles. The van der Waals surface area contributed by atoms with Crippen molar-refractivity contribution >= 4 is 5.65 Å². The van der Waals surface area contributed by atoms with E-state index in [1.165, 1.54) is 23.7 Å². The number of fused-ring (bicyclic) bond motifs is 1. The number of aryl methyl sites for hydroxylation is 1. The second-order valence-electron chi connectivity index (χ2n) is 6.12. The second kappa shape index (κ2) is 6.95. The first-order chi connectivity index (χ1) is 12.3. The zero-order valence-electron chi connectivity index (χ0n) is 15.0. The average Bonchev–Trinajstić information content (AvgIpc) is 2.98. The number of nitrogens with zero attached hydrogens (tertiary/aromatic N) is 4. The van der Waals surface area contributed by atoms with E-state index < -0.39 is 11.9 Å². The summed E-state index contributed by atoms with van der Waals surface area (Å²) >= 11 is 0. The third-order valence-electron chi connectivity index (χ3n) is 3.72. The molecule has 26 heavy (non-hydrogen) atoms. The van der Waals surface area contributed by atoms with Gasteiger partial charge in [-0.2, -0.15) is 8.78 Å². The molecule has 0 saturated heterocycles. The number of hydrogen-bond donors (Lipinski definition) is 0. The molecule has 2 aromatic heterocycles. The molecule has 0 saturated carbocycles. The summed E-state index contributed by atoms with van der Waals surface area (Å²) < 4.78 is 39.6. The molecule has 3 aromatic rings. The minimum atomic E-state index is -3.53. The molecule has 0 radical (unpaired) electrons. The molecular formula is C18H20F2N4O2. The molecule has 0 spiro atoms. The van der Waals surface area contributed by atoms with Gasteiger partial charge in [0, 0.05) is 11.8 Å². The van der Waals surface area contributed by atoms with Crippen molar-refractivity contribution in [3.8, 4) is 17.0 Å². The Bertz CT molecular complexity index is 925. The van der Waals surface area contributed by atoms with Gasteiger partial charge in [0.15, 0.2) is 5.65 Å². The van der Waals surface area contributed by atoms with Gasteiger partial charge in [-0.15, -0.1) is 10.2 Å². The Labute approximate surface area is 149 Å². The van der Waals surface area contributed by atoms with Gasteiger partial charge in [0.2, 0.25) is 5.82 Å². The molecule has 3 rings (SSSR count). The van der Waals surface area contributed by atoms with E-state index in [-0.39, 0.29) is 18.4 Å². The van der Waals surface area contributed by atoms with Crippen molar-refractivity contribution in [3.63, 3.8) is 0 Å². The Balaban J connectivity index is 2.04. The van der Waals surface area contributed by atoms with Crippen LogP contribution in [0.1, 0.15) is 32.2 Å². The number of alkyl halides is 2. The van der Waals surface area contributed by atoms with Crippen LogP contribution in [0.15, 0.2) is 30.6 Å². The van der Waals surface area contributed by atoms with Crippen molar-refractivity contribution in [2.24, 2.45) is 0 Å². The van der Waals surface area contributed by atoms with Crippen molar-refractivity contribution in [1.29, 1.82) is 0 Å². The van der Waals surface area contributed by atoms with Crippen LogP contribution in [0.5, 0.6) is 5.75 Å². The van der Waals surface area contributed by atoms with Crippen LogP contribution in [-0.2, 0) is 10.8 Å². The lowest BCUT2D eigenvalue weighted by molar-refractivity contribution is -0.251. The highest BCUT2D eigenvalue weighted by molar-refractivity contribution is 5.65. The van der Waals surface area contributed by atoms with Crippen molar-refractivity contribution in [1.82, 2.24) is 19.6 Å². The minimum absolute atomic E-state index is 0.0649. The van der Waals surface area contributed by atoms with Crippen LogP contribution in [-0.4, -0.2) is 32.3 Å². The summed E-state index contributed by atoms with van der Waals surface area (Å²) in [4.78, 5) is 4.32. The highest BCUT2D eigenvalue weighted by Gasteiger charge is 2.38. The molecule has 0 amide bonds. The molecule has 0 atom stereocenters. The van der Waals surface area contributed by atoms with Gasteiger partial charge in [0.05, 0.1) is 24.6 Å². The maximum Gasteiger partial charge on any atom is 0.418 e. The molecule has 0 bridgehead atoms. The SMILES string of the molecule is CCOC(F)(F)c1nnc2cnc(-c3ccc(OC(C)C)cc3C)cn12. The van der Waals surface area contributed by atoms with Gasteiger partial charge in [-0.1, -0.05) is 0 Å². The largest absolute Gasteiger partial charge is 0.491 e. The van der Waals surface area contributed by atoms with Crippen molar-refractivity contribution in [3.05, 3.63) is 42.0 Å². The topological polar surface area (TPSA) is 61.5 Å². The first-order valence-electron chi connectivity index (χ1n) is 8.32. The molecule has 0 unspecified atom stereocenters. The average molecular weight is 362 g/mol. The normalized spacial score (nSPS) is 12.1. The molecule has 6 nitrogen and oxygen atoms in total. The summed E-state index contributed by atoms with van der Waals surface area (Å²) in [6.07, 6.45) is -0.568. The molecular weight excluding hydrogens is 342 g/mol. The third kappa shape index (κ3) is 3.50. The quantitative estimate of drug-likeness (QED) is 0.664. The highest BCUT2D eigenvalue weighted by Crippen LogP contribution is 2.30. The lowest BCUT2D eigenvalue weighted by atomic mass is 10.1. The molecule has 0 fully saturated rings. The highest BCUT2D eigenvalue weighted by atomic mass is 19.3. The number of hydrogen-bond acceptors (Lipinski definition) is 5. The van der Waals surface area contributed by atoms with E-state index in [1.807, 2.05) is 39.0 Å². The first-order valence-corrected chi connectivity index (χ1v) is 8.32. The van der Waals surface area contributed by atoms with Gasteiger partial charge in [-0.25, -0.2) is 0 Å². The van der Waals surface area contributed by atoms with Crippen molar-refractivity contribution < 1.29 is 18.3 Å². The summed E-state index contributed by atoms with van der Waals surface area (Å²) in [6.45, 7) is 7.16. The zero-order chi connectivity index (χ0) is 18.9. The predicted molar refractivity (Wildman–Crippen MR) is 92.2 cm³/mol. The lowest BCUT2D eigenvalue weighted by Crippen LogP contribution is -2.21. The van der Waals surface area contributed by atoms with E-state index >= 15 is 0 Å². The van der Waals surface area contributed by atoms with E-state index in [0.717, 1.165) is 16.9 Å². The zero-order valence-corrected chi connectivity index (χ0v) is 15.0. The van der Waals surface area contributed by atoms with Gasteiger partial charge in [0.25, 0.3) is 0 Å². The Kier molecular flexibility index (Phi) is 4.86. The van der Waals surface area contributed by atoms with Gasteiger partial charge < -0.3 is 9.47 Å². The molecule has 0 aliphatic heterocycles. The number of aromatic nitrogens is 4. The Morgan fingerprint density at radius 1 is 1.23 bits per heavy atom.